The van der Waals surface area contributed by atoms with Crippen LogP contribution in [-0.2, 0) is 4.75 Å². The summed E-state index contributed by atoms with van der Waals surface area (Å²) in [6.45, 7) is 4.72. The summed E-state index contributed by atoms with van der Waals surface area (Å²) in [5.74, 6) is 1.68. The van der Waals surface area contributed by atoms with Crippen molar-refractivity contribution < 1.29 is 9.47 Å². The lowest BCUT2D eigenvalue weighted by Crippen LogP contribution is -2.43. The van der Waals surface area contributed by atoms with Crippen molar-refractivity contribution in [3.63, 3.8) is 0 Å². The molecule has 0 heterocycles. The molecule has 0 N–H and O–H groups in total. The summed E-state index contributed by atoms with van der Waals surface area (Å²) in [6, 6.07) is 38.8. The molecule has 0 aliphatic heterocycles. The summed E-state index contributed by atoms with van der Waals surface area (Å²) in [4.78, 5) is 0. The lowest BCUT2D eigenvalue weighted by atomic mass is 9.87. The van der Waals surface area contributed by atoms with E-state index in [2.05, 4.69) is 98.8 Å². The smallest absolute Gasteiger partial charge is 0.118 e. The highest BCUT2D eigenvalue weighted by Gasteiger charge is 2.56. The first-order valence-corrected chi connectivity index (χ1v) is 14.5. The molecule has 4 aromatic rings. The quantitative estimate of drug-likeness (QED) is 0.198. The highest BCUT2D eigenvalue weighted by molar-refractivity contribution is 7.91. The molecule has 4 aromatic carbocycles. The van der Waals surface area contributed by atoms with Crippen LogP contribution in [0, 0.1) is 0 Å². The van der Waals surface area contributed by atoms with E-state index in [4.69, 9.17) is 22.1 Å². The number of methoxy groups -OCH3 is 2. The van der Waals surface area contributed by atoms with E-state index >= 15 is 0 Å². The van der Waals surface area contributed by atoms with E-state index in [1.807, 2.05) is 24.3 Å². The fourth-order valence-electron chi connectivity index (χ4n) is 5.28. The molecule has 4 heteroatoms. The molecule has 0 aliphatic rings. The standard InChI is InChI=1S/C31H33O2PS/c1-5-34(29-12-8-6-9-13-29,30-14-10-7-11-15-30)24(2)31(35,25-16-20-27(32-3)21-17-25)26-18-22-28(33-4)23-19-26/h6-24H,5H2,1-4H3/p+1/t24-/m0/s1. The van der Waals surface area contributed by atoms with Crippen molar-refractivity contribution in [2.75, 3.05) is 20.4 Å². The van der Waals surface area contributed by atoms with Crippen molar-refractivity contribution in [2.24, 2.45) is 0 Å². The summed E-state index contributed by atoms with van der Waals surface area (Å²) < 4.78 is 10.4. The lowest BCUT2D eigenvalue weighted by molar-refractivity contribution is 0.414. The van der Waals surface area contributed by atoms with Gasteiger partial charge in [0.2, 0.25) is 0 Å². The van der Waals surface area contributed by atoms with E-state index in [1.165, 1.54) is 10.6 Å². The van der Waals surface area contributed by atoms with Gasteiger partial charge in [0.25, 0.3) is 0 Å². The van der Waals surface area contributed by atoms with Gasteiger partial charge >= 0.3 is 0 Å². The zero-order valence-electron chi connectivity index (χ0n) is 20.9. The maximum absolute atomic E-state index is 5.61. The highest BCUT2D eigenvalue weighted by atomic mass is 32.1. The first-order chi connectivity index (χ1) is 17.0. The maximum Gasteiger partial charge on any atom is 0.118 e. The van der Waals surface area contributed by atoms with Gasteiger partial charge in [-0.1, -0.05) is 60.7 Å². The van der Waals surface area contributed by atoms with Gasteiger partial charge in [0.05, 0.1) is 48.7 Å². The van der Waals surface area contributed by atoms with Crippen LogP contribution in [0.1, 0.15) is 25.0 Å². The third-order valence-electron chi connectivity index (χ3n) is 7.26. The molecule has 1 atom stereocenters. The molecular weight excluding hydrogens is 467 g/mol. The molecule has 0 radical (unpaired) electrons. The average molecular weight is 502 g/mol. The summed E-state index contributed by atoms with van der Waals surface area (Å²) in [5, 5.41) is 2.81. The molecule has 0 fully saturated rings. The lowest BCUT2D eigenvalue weighted by Gasteiger charge is -2.43. The van der Waals surface area contributed by atoms with Gasteiger partial charge in [-0.15, -0.1) is 0 Å². The second-order valence-corrected chi connectivity index (χ2v) is 13.6. The van der Waals surface area contributed by atoms with Crippen LogP contribution < -0.4 is 20.1 Å². The predicted molar refractivity (Wildman–Crippen MR) is 155 cm³/mol. The maximum atomic E-state index is 5.61. The summed E-state index contributed by atoms with van der Waals surface area (Å²) in [7, 11) is 1.50. The Morgan fingerprint density at radius 3 is 1.34 bits per heavy atom. The van der Waals surface area contributed by atoms with E-state index in [-0.39, 0.29) is 5.66 Å². The zero-order valence-corrected chi connectivity index (χ0v) is 22.7. The van der Waals surface area contributed by atoms with Crippen molar-refractivity contribution >= 4 is 30.5 Å². The minimum absolute atomic E-state index is 0.190. The Morgan fingerprint density at radius 2 is 1.03 bits per heavy atom. The SMILES string of the molecule is CC[P+](c1ccccc1)(c1ccccc1)[C@@H](C)C(S)(c1ccc(OC)cc1)c1ccc(OC)cc1. The fraction of sp³-hybridized carbons (Fsp3) is 0.226. The van der Waals surface area contributed by atoms with Crippen molar-refractivity contribution in [2.45, 2.75) is 24.3 Å². The van der Waals surface area contributed by atoms with Gasteiger partial charge in [0, 0.05) is 0 Å². The molecular formula is C31H34O2PS+. The van der Waals surface area contributed by atoms with E-state index in [9.17, 15) is 0 Å². The van der Waals surface area contributed by atoms with Crippen molar-refractivity contribution in [1.82, 2.24) is 0 Å². The van der Waals surface area contributed by atoms with Gasteiger partial charge < -0.3 is 9.47 Å². The van der Waals surface area contributed by atoms with E-state index in [0.29, 0.717) is 0 Å². The Kier molecular flexibility index (Phi) is 7.89. The molecule has 0 spiro atoms. The molecule has 35 heavy (non-hydrogen) atoms. The molecule has 4 rings (SSSR count). The Hall–Kier alpha value is -2.74. The molecule has 0 saturated carbocycles. The van der Waals surface area contributed by atoms with Crippen LogP contribution in [-0.4, -0.2) is 26.0 Å². The van der Waals surface area contributed by atoms with Gasteiger partial charge in [-0.25, -0.2) is 0 Å². The van der Waals surface area contributed by atoms with Gasteiger partial charge in [0.1, 0.15) is 11.5 Å². The van der Waals surface area contributed by atoms with E-state index < -0.39 is 12.0 Å². The molecule has 0 saturated heterocycles. The molecule has 0 aromatic heterocycles. The van der Waals surface area contributed by atoms with Gasteiger partial charge in [-0.2, -0.15) is 12.6 Å². The van der Waals surface area contributed by atoms with Crippen molar-refractivity contribution in [1.29, 1.82) is 0 Å². The second kappa shape index (κ2) is 10.9. The predicted octanol–water partition coefficient (Wildman–Crippen LogP) is 6.95. The Bertz CT molecular complexity index is 1120. The fourth-order valence-corrected chi connectivity index (χ4v) is 11.0. The number of hydrogen-bond acceptors (Lipinski definition) is 3. The minimum atomic E-state index is -1.90. The van der Waals surface area contributed by atoms with Crippen molar-refractivity contribution in [3.8, 4) is 11.5 Å². The first kappa shape index (κ1) is 25.4. The number of rotatable bonds is 9. The largest absolute Gasteiger partial charge is 0.497 e. The molecule has 0 aliphatic carbocycles. The van der Waals surface area contributed by atoms with Crippen LogP contribution in [0.15, 0.2) is 109 Å². The summed E-state index contributed by atoms with van der Waals surface area (Å²) in [6.07, 6.45) is 1.04. The molecule has 0 unspecified atom stereocenters. The average Bonchev–Trinajstić information content (AvgIpc) is 2.94. The third kappa shape index (κ3) is 4.60. The number of benzene rings is 4. The van der Waals surface area contributed by atoms with Crippen LogP contribution in [0.2, 0.25) is 0 Å². The first-order valence-electron chi connectivity index (χ1n) is 12.0. The molecule has 0 amide bonds. The Morgan fingerprint density at radius 1 is 0.657 bits per heavy atom. The van der Waals surface area contributed by atoms with Crippen LogP contribution in [0.3, 0.4) is 0 Å². The normalized spacial score (nSPS) is 12.7. The van der Waals surface area contributed by atoms with Gasteiger partial charge in [-0.05, 0) is 73.5 Å². The third-order valence-corrected chi connectivity index (χ3v) is 13.5. The number of hydrogen-bond donors (Lipinski definition) is 1. The van der Waals surface area contributed by atoms with Crippen molar-refractivity contribution in [3.05, 3.63) is 120 Å². The molecule has 0 bridgehead atoms. The minimum Gasteiger partial charge on any atom is -0.497 e. The monoisotopic (exact) mass is 501 g/mol. The van der Waals surface area contributed by atoms with Crippen LogP contribution in [0.4, 0.5) is 0 Å². The summed E-state index contributed by atoms with van der Waals surface area (Å²) in [5.41, 5.74) is 2.50. The number of thiol groups is 1. The highest BCUT2D eigenvalue weighted by Crippen LogP contribution is 2.67. The summed E-state index contributed by atoms with van der Waals surface area (Å²) >= 11 is 5.61. The van der Waals surface area contributed by atoms with Gasteiger partial charge in [-0.3, -0.25) is 0 Å². The van der Waals surface area contributed by atoms with Gasteiger partial charge in [0.15, 0.2) is 0 Å². The number of ether oxygens (including phenoxy) is 2. The second-order valence-electron chi connectivity index (χ2n) is 8.76. The Labute approximate surface area is 216 Å². The van der Waals surface area contributed by atoms with Crippen LogP contribution >= 0.6 is 19.9 Å². The Balaban J connectivity index is 2.00. The topological polar surface area (TPSA) is 18.5 Å². The zero-order chi connectivity index (χ0) is 24.9. The molecule has 180 valence electrons. The van der Waals surface area contributed by atoms with Crippen LogP contribution in [0.5, 0.6) is 11.5 Å². The van der Waals surface area contributed by atoms with E-state index in [0.717, 1.165) is 28.8 Å². The van der Waals surface area contributed by atoms with E-state index in [1.54, 1.807) is 14.2 Å². The molecule has 2 nitrogen and oxygen atoms in total. The van der Waals surface area contributed by atoms with Crippen LogP contribution in [0.25, 0.3) is 0 Å².